The number of aliphatic imine (C=N–C) groups is 1. The first-order valence-electron chi connectivity index (χ1n) is 6.35. The number of halogens is 3. The number of alkyl halides is 2. The largest absolute Gasteiger partial charge is 0.304 e. The van der Waals surface area contributed by atoms with Gasteiger partial charge in [0.05, 0.1) is 6.04 Å². The zero-order chi connectivity index (χ0) is 15.8. The molecule has 1 N–H and O–H groups in total. The standard InChI is InChI=1S/C14H15F3N2OS/c1-8(9-6-4-5-7-10(9)15)18-12-19-11(20)13(2,21-12)14(3,16)17/h4-8H,1-3H3,(H,18,19,20)/t8-,13?/m0/s1. The fourth-order valence-electron chi connectivity index (χ4n) is 1.89. The van der Waals surface area contributed by atoms with Crippen molar-refractivity contribution >= 4 is 22.8 Å². The van der Waals surface area contributed by atoms with E-state index in [1.165, 1.54) is 13.0 Å². The Morgan fingerprint density at radius 3 is 2.52 bits per heavy atom. The lowest BCUT2D eigenvalue weighted by Gasteiger charge is -2.25. The lowest BCUT2D eigenvalue weighted by molar-refractivity contribution is -0.129. The Hall–Kier alpha value is -1.50. The van der Waals surface area contributed by atoms with E-state index in [0.717, 1.165) is 0 Å². The number of rotatable bonds is 3. The minimum absolute atomic E-state index is 0.0831. The second kappa shape index (κ2) is 5.36. The summed E-state index contributed by atoms with van der Waals surface area (Å²) in [5, 5.41) is 2.43. The van der Waals surface area contributed by atoms with Crippen molar-refractivity contribution in [2.75, 3.05) is 0 Å². The van der Waals surface area contributed by atoms with Gasteiger partial charge in [0.1, 0.15) is 5.82 Å². The van der Waals surface area contributed by atoms with Crippen molar-refractivity contribution in [1.29, 1.82) is 0 Å². The van der Waals surface area contributed by atoms with Crippen LogP contribution in [0.5, 0.6) is 0 Å². The van der Waals surface area contributed by atoms with Gasteiger partial charge in [-0.2, -0.15) is 0 Å². The number of nitrogens with one attached hydrogen (secondary N) is 1. The Balaban J connectivity index is 2.25. The molecule has 7 heteroatoms. The van der Waals surface area contributed by atoms with E-state index in [9.17, 15) is 18.0 Å². The lowest BCUT2D eigenvalue weighted by atomic mass is 10.0. The van der Waals surface area contributed by atoms with Gasteiger partial charge in [0.15, 0.2) is 9.91 Å². The Morgan fingerprint density at radius 2 is 2.00 bits per heavy atom. The van der Waals surface area contributed by atoms with E-state index in [2.05, 4.69) is 10.3 Å². The van der Waals surface area contributed by atoms with Crippen molar-refractivity contribution in [3.63, 3.8) is 0 Å². The first-order chi connectivity index (χ1) is 9.65. The molecule has 0 spiro atoms. The lowest BCUT2D eigenvalue weighted by Crippen LogP contribution is -2.47. The summed E-state index contributed by atoms with van der Waals surface area (Å²) in [7, 11) is 0. The molecule has 1 amide bonds. The predicted molar refractivity (Wildman–Crippen MR) is 77.0 cm³/mol. The molecule has 0 aliphatic carbocycles. The Kier molecular flexibility index (Phi) is 4.06. The van der Waals surface area contributed by atoms with Crippen LogP contribution in [0.1, 0.15) is 32.4 Å². The molecule has 0 radical (unpaired) electrons. The van der Waals surface area contributed by atoms with Crippen molar-refractivity contribution in [2.24, 2.45) is 4.99 Å². The number of amides is 1. The average Bonchev–Trinajstić information content (AvgIpc) is 2.65. The molecule has 1 fully saturated rings. The number of amidine groups is 1. The zero-order valence-electron chi connectivity index (χ0n) is 11.8. The van der Waals surface area contributed by atoms with Crippen LogP contribution in [0.2, 0.25) is 0 Å². The molecule has 21 heavy (non-hydrogen) atoms. The third kappa shape index (κ3) is 2.92. The molecule has 0 aromatic heterocycles. The van der Waals surface area contributed by atoms with E-state index in [0.29, 0.717) is 24.2 Å². The molecular weight excluding hydrogens is 301 g/mol. The third-order valence-electron chi connectivity index (χ3n) is 3.46. The molecule has 1 unspecified atom stereocenters. The molecule has 1 aromatic rings. The molecule has 2 rings (SSSR count). The summed E-state index contributed by atoms with van der Waals surface area (Å²) >= 11 is 0.674. The van der Waals surface area contributed by atoms with Crippen LogP contribution >= 0.6 is 11.8 Å². The zero-order valence-corrected chi connectivity index (χ0v) is 12.6. The molecule has 0 bridgehead atoms. The summed E-state index contributed by atoms with van der Waals surface area (Å²) in [6.07, 6.45) is 0. The van der Waals surface area contributed by atoms with Gasteiger partial charge in [-0.1, -0.05) is 30.0 Å². The second-order valence-corrected chi connectivity index (χ2v) is 6.52. The van der Waals surface area contributed by atoms with Gasteiger partial charge < -0.3 is 5.32 Å². The third-order valence-corrected chi connectivity index (χ3v) is 4.81. The summed E-state index contributed by atoms with van der Waals surface area (Å²) in [5.74, 6) is -4.41. The van der Waals surface area contributed by atoms with E-state index in [1.807, 2.05) is 0 Å². The predicted octanol–water partition coefficient (Wildman–Crippen LogP) is 3.52. The van der Waals surface area contributed by atoms with Gasteiger partial charge in [-0.15, -0.1) is 0 Å². The Labute approximate surface area is 125 Å². The molecule has 0 saturated carbocycles. The van der Waals surface area contributed by atoms with Gasteiger partial charge in [-0.25, -0.2) is 13.2 Å². The first-order valence-corrected chi connectivity index (χ1v) is 7.17. The minimum atomic E-state index is -3.19. The van der Waals surface area contributed by atoms with E-state index >= 15 is 0 Å². The summed E-state index contributed by atoms with van der Waals surface area (Å²) < 4.78 is 38.9. The van der Waals surface area contributed by atoms with Gasteiger partial charge in [0.2, 0.25) is 5.91 Å². The maximum Gasteiger partial charge on any atom is 0.268 e. The second-order valence-electron chi connectivity index (χ2n) is 5.11. The van der Waals surface area contributed by atoms with Crippen LogP contribution in [0.3, 0.4) is 0 Å². The molecule has 1 aliphatic heterocycles. The SMILES string of the molecule is C[C@H](N=C1NC(=O)C(C)(C(C)(F)F)S1)c1ccccc1F. The quantitative estimate of drug-likeness (QED) is 0.927. The highest BCUT2D eigenvalue weighted by Crippen LogP contribution is 2.44. The maximum atomic E-state index is 13.6. The van der Waals surface area contributed by atoms with Crippen LogP contribution in [0.4, 0.5) is 13.2 Å². The van der Waals surface area contributed by atoms with E-state index in [-0.39, 0.29) is 5.17 Å². The normalized spacial score (nSPS) is 26.0. The van der Waals surface area contributed by atoms with E-state index < -0.39 is 28.4 Å². The topological polar surface area (TPSA) is 41.5 Å². The molecule has 1 saturated heterocycles. The number of nitrogens with zero attached hydrogens (tertiary/aromatic N) is 1. The van der Waals surface area contributed by atoms with Gasteiger partial charge in [-0.05, 0) is 19.9 Å². The Bertz CT molecular complexity index is 600. The monoisotopic (exact) mass is 316 g/mol. The van der Waals surface area contributed by atoms with Crippen LogP contribution in [-0.2, 0) is 4.79 Å². The molecule has 114 valence electrons. The van der Waals surface area contributed by atoms with E-state index in [1.54, 1.807) is 25.1 Å². The summed E-state index contributed by atoms with van der Waals surface area (Å²) in [5.41, 5.74) is 0.344. The minimum Gasteiger partial charge on any atom is -0.304 e. The first kappa shape index (κ1) is 15.9. The van der Waals surface area contributed by atoms with Crippen molar-refractivity contribution in [1.82, 2.24) is 5.32 Å². The molecule has 1 heterocycles. The van der Waals surface area contributed by atoms with Crippen LogP contribution in [-0.4, -0.2) is 21.7 Å². The fraction of sp³-hybridized carbons (Fsp3) is 0.429. The van der Waals surface area contributed by atoms with Crippen molar-refractivity contribution in [3.05, 3.63) is 35.6 Å². The number of carbonyl (C=O) groups excluding carboxylic acids is 1. The summed E-state index contributed by atoms with van der Waals surface area (Å²) in [6.45, 7) is 3.50. The highest BCUT2D eigenvalue weighted by Gasteiger charge is 2.57. The van der Waals surface area contributed by atoms with Crippen LogP contribution in [0, 0.1) is 5.82 Å². The van der Waals surface area contributed by atoms with Crippen LogP contribution in [0.25, 0.3) is 0 Å². The van der Waals surface area contributed by atoms with Crippen LogP contribution in [0.15, 0.2) is 29.3 Å². The number of hydrogen-bond donors (Lipinski definition) is 1. The van der Waals surface area contributed by atoms with Gasteiger partial charge in [0, 0.05) is 12.5 Å². The molecular formula is C14H15F3N2OS. The van der Waals surface area contributed by atoms with Gasteiger partial charge >= 0.3 is 0 Å². The van der Waals surface area contributed by atoms with Crippen molar-refractivity contribution in [2.45, 2.75) is 37.5 Å². The van der Waals surface area contributed by atoms with Crippen LogP contribution < -0.4 is 5.32 Å². The smallest absolute Gasteiger partial charge is 0.268 e. The van der Waals surface area contributed by atoms with Crippen molar-refractivity contribution in [3.8, 4) is 0 Å². The molecule has 3 nitrogen and oxygen atoms in total. The molecule has 2 atom stereocenters. The number of benzene rings is 1. The molecule has 1 aromatic carbocycles. The summed E-state index contributed by atoms with van der Waals surface area (Å²) in [4.78, 5) is 15.9. The highest BCUT2D eigenvalue weighted by atomic mass is 32.2. The average molecular weight is 316 g/mol. The number of hydrogen-bond acceptors (Lipinski definition) is 3. The van der Waals surface area contributed by atoms with Crippen molar-refractivity contribution < 1.29 is 18.0 Å². The fourth-order valence-corrected chi connectivity index (χ4v) is 2.95. The van der Waals surface area contributed by atoms with Gasteiger partial charge in [-0.3, -0.25) is 9.79 Å². The number of carbonyl (C=O) groups is 1. The maximum absolute atomic E-state index is 13.6. The summed E-state index contributed by atoms with van der Waals surface area (Å²) in [6, 6.07) is 5.51. The molecule has 1 aliphatic rings. The Morgan fingerprint density at radius 1 is 1.38 bits per heavy atom. The highest BCUT2D eigenvalue weighted by molar-refractivity contribution is 8.16. The van der Waals surface area contributed by atoms with Gasteiger partial charge in [0.25, 0.3) is 5.92 Å². The van der Waals surface area contributed by atoms with E-state index in [4.69, 9.17) is 0 Å². The number of thioether (sulfide) groups is 1.